The number of aromatic nitrogens is 5. The lowest BCUT2D eigenvalue weighted by Gasteiger charge is -2.39. The van der Waals surface area contributed by atoms with Crippen molar-refractivity contribution in [2.45, 2.75) is 30.8 Å². The van der Waals surface area contributed by atoms with Gasteiger partial charge in [0.2, 0.25) is 0 Å². The predicted molar refractivity (Wildman–Crippen MR) is 142 cm³/mol. The highest BCUT2D eigenvalue weighted by Gasteiger charge is 2.42. The molecule has 0 aliphatic carbocycles. The van der Waals surface area contributed by atoms with Gasteiger partial charge in [-0.25, -0.2) is 9.07 Å². The molecule has 1 fully saturated rings. The second kappa shape index (κ2) is 11.1. The van der Waals surface area contributed by atoms with Crippen molar-refractivity contribution >= 4 is 22.5 Å². The van der Waals surface area contributed by atoms with Crippen LogP contribution >= 0.6 is 0 Å². The average molecular weight is 538 g/mol. The number of nitrogens with zero attached hydrogens (tertiary/aromatic N) is 7. The minimum Gasteiger partial charge on any atom is -0.394 e. The van der Waals surface area contributed by atoms with Gasteiger partial charge in [-0.3, -0.25) is 9.48 Å². The maximum Gasteiger partial charge on any atom is 0.251 e. The van der Waals surface area contributed by atoms with Gasteiger partial charge >= 0.3 is 0 Å². The zero-order valence-electron chi connectivity index (χ0n) is 22.1. The van der Waals surface area contributed by atoms with Crippen LogP contribution < -0.4 is 4.90 Å². The summed E-state index contributed by atoms with van der Waals surface area (Å²) in [4.78, 5) is 17.0. The Hall–Kier alpha value is -3.87. The van der Waals surface area contributed by atoms with Crippen LogP contribution in [0.2, 0.25) is 0 Å². The Bertz CT molecular complexity index is 1460. The van der Waals surface area contributed by atoms with E-state index in [-0.39, 0.29) is 12.3 Å². The number of anilines is 1. The van der Waals surface area contributed by atoms with Crippen molar-refractivity contribution in [1.82, 2.24) is 29.7 Å². The van der Waals surface area contributed by atoms with Crippen molar-refractivity contribution in [2.24, 2.45) is 7.05 Å². The molecule has 1 saturated heterocycles. The predicted octanol–water partition coefficient (Wildman–Crippen LogP) is 1.62. The molecule has 4 atom stereocenters. The number of amides is 1. The van der Waals surface area contributed by atoms with Gasteiger partial charge in [0.05, 0.1) is 30.6 Å². The first-order valence-electron chi connectivity index (χ1n) is 12.7. The summed E-state index contributed by atoms with van der Waals surface area (Å²) < 4.78 is 22.8. The van der Waals surface area contributed by atoms with Gasteiger partial charge in [-0.05, 0) is 30.3 Å². The lowest BCUT2D eigenvalue weighted by molar-refractivity contribution is -0.177. The van der Waals surface area contributed by atoms with E-state index in [1.54, 1.807) is 30.3 Å². The summed E-state index contributed by atoms with van der Waals surface area (Å²) >= 11 is 0. The second-order valence-corrected chi connectivity index (χ2v) is 9.93. The average Bonchev–Trinajstić information content (AvgIpc) is 3.58. The molecule has 11 nitrogen and oxygen atoms in total. The maximum atomic E-state index is 13.7. The number of aryl methyl sites for hydroxylation is 1. The van der Waals surface area contributed by atoms with E-state index in [9.17, 15) is 19.4 Å². The molecule has 0 spiro atoms. The quantitative estimate of drug-likeness (QED) is 0.348. The van der Waals surface area contributed by atoms with Crippen LogP contribution in [0.25, 0.3) is 22.2 Å². The van der Waals surface area contributed by atoms with E-state index in [1.165, 1.54) is 16.8 Å². The molecule has 1 aliphatic rings. The standard InChI is InChI=1S/C27H32FN7O4/c1-32(20-7-8-22-18(12-20)14-29-34(22)3)9-10-33(2)27(38)24-13-23(26(37)25(16-36)39-24)35-15-21(30-31-35)17-5-4-6-19(28)11-17/h4-8,11-12,14-15,23-26,36-37H,9-10,13,16H2,1-3H3/t23-,24-,25-,26-/m1/s1. The summed E-state index contributed by atoms with van der Waals surface area (Å²) in [6.07, 6.45) is 0.588. The molecule has 0 unspecified atom stereocenters. The van der Waals surface area contributed by atoms with Crippen molar-refractivity contribution in [1.29, 1.82) is 0 Å². The van der Waals surface area contributed by atoms with Gasteiger partial charge < -0.3 is 24.7 Å². The van der Waals surface area contributed by atoms with Gasteiger partial charge in [0.25, 0.3) is 5.91 Å². The summed E-state index contributed by atoms with van der Waals surface area (Å²) in [6, 6.07) is 11.4. The van der Waals surface area contributed by atoms with E-state index >= 15 is 0 Å². The third kappa shape index (κ3) is 5.49. The van der Waals surface area contributed by atoms with Crippen LogP contribution in [0.4, 0.5) is 10.1 Å². The van der Waals surface area contributed by atoms with Gasteiger partial charge in [-0.15, -0.1) is 5.10 Å². The number of carbonyl (C=O) groups is 1. The molecule has 4 aromatic rings. The monoisotopic (exact) mass is 537 g/mol. The molecule has 2 aromatic heterocycles. The maximum absolute atomic E-state index is 13.7. The first-order chi connectivity index (χ1) is 18.7. The van der Waals surface area contributed by atoms with Crippen molar-refractivity contribution in [3.8, 4) is 11.3 Å². The Balaban J connectivity index is 1.25. The Labute approximate surface area is 225 Å². The minimum atomic E-state index is -1.11. The fourth-order valence-corrected chi connectivity index (χ4v) is 4.92. The Morgan fingerprint density at radius 2 is 2.03 bits per heavy atom. The number of hydrogen-bond donors (Lipinski definition) is 2. The van der Waals surface area contributed by atoms with Crippen LogP contribution in [0.1, 0.15) is 12.5 Å². The van der Waals surface area contributed by atoms with E-state index in [0.717, 1.165) is 16.6 Å². The number of benzene rings is 2. The second-order valence-electron chi connectivity index (χ2n) is 9.93. The van der Waals surface area contributed by atoms with Gasteiger partial charge in [0.1, 0.15) is 29.8 Å². The number of ether oxygens (including phenoxy) is 1. The Kier molecular flexibility index (Phi) is 7.60. The molecule has 1 amide bonds. The zero-order chi connectivity index (χ0) is 27.7. The molecule has 5 rings (SSSR count). The number of aliphatic hydroxyl groups is 2. The van der Waals surface area contributed by atoms with Gasteiger partial charge in [-0.1, -0.05) is 17.3 Å². The largest absolute Gasteiger partial charge is 0.394 e. The Morgan fingerprint density at radius 3 is 2.79 bits per heavy atom. The van der Waals surface area contributed by atoms with Crippen LogP contribution in [0, 0.1) is 5.82 Å². The van der Waals surface area contributed by atoms with E-state index in [1.807, 2.05) is 37.1 Å². The van der Waals surface area contributed by atoms with E-state index in [2.05, 4.69) is 26.4 Å². The summed E-state index contributed by atoms with van der Waals surface area (Å²) in [5.41, 5.74) is 3.02. The van der Waals surface area contributed by atoms with E-state index < -0.39 is 36.8 Å². The molecule has 3 heterocycles. The third-order valence-electron chi connectivity index (χ3n) is 7.31. The molecule has 206 valence electrons. The summed E-state index contributed by atoms with van der Waals surface area (Å²) in [6.45, 7) is 0.552. The summed E-state index contributed by atoms with van der Waals surface area (Å²) in [7, 11) is 5.56. The first-order valence-corrected chi connectivity index (χ1v) is 12.7. The molecule has 0 radical (unpaired) electrons. The normalized spacial score (nSPS) is 21.3. The fraction of sp³-hybridized carbons (Fsp3) is 0.407. The SMILES string of the molecule is CN(CCN(C)c1ccc2c(cnn2C)c1)C(=O)[C@H]1C[C@@H](n2cc(-c3cccc(F)c3)nn2)[C@@H](O)[C@@H](CO)O1. The molecule has 0 saturated carbocycles. The number of fused-ring (bicyclic) bond motifs is 1. The highest BCUT2D eigenvalue weighted by atomic mass is 19.1. The van der Waals surface area contributed by atoms with Crippen molar-refractivity contribution in [3.63, 3.8) is 0 Å². The molecule has 2 N–H and O–H groups in total. The summed E-state index contributed by atoms with van der Waals surface area (Å²) in [5, 5.41) is 34.3. The zero-order valence-corrected chi connectivity index (χ0v) is 22.1. The molecule has 1 aliphatic heterocycles. The molecule has 12 heteroatoms. The minimum absolute atomic E-state index is 0.139. The fourth-order valence-electron chi connectivity index (χ4n) is 4.92. The van der Waals surface area contributed by atoms with Crippen molar-refractivity contribution in [3.05, 3.63) is 60.7 Å². The van der Waals surface area contributed by atoms with Crippen LogP contribution in [0.3, 0.4) is 0 Å². The summed E-state index contributed by atoms with van der Waals surface area (Å²) in [5.74, 6) is -0.655. The van der Waals surface area contributed by atoms with Crippen LogP contribution in [0.15, 0.2) is 54.9 Å². The van der Waals surface area contributed by atoms with Gasteiger partial charge in [0, 0.05) is 57.3 Å². The number of likely N-dealkylation sites (N-methyl/N-ethyl adjacent to an activating group) is 2. The number of aliphatic hydroxyl groups excluding tert-OH is 2. The van der Waals surface area contributed by atoms with Gasteiger partial charge in [0.15, 0.2) is 0 Å². The lowest BCUT2D eigenvalue weighted by atomic mass is 9.95. The highest BCUT2D eigenvalue weighted by molar-refractivity contribution is 5.83. The molecular weight excluding hydrogens is 505 g/mol. The third-order valence-corrected chi connectivity index (χ3v) is 7.31. The molecule has 0 bridgehead atoms. The lowest BCUT2D eigenvalue weighted by Crippen LogP contribution is -2.53. The number of carbonyl (C=O) groups excluding carboxylic acids is 1. The molecule has 39 heavy (non-hydrogen) atoms. The number of rotatable bonds is 8. The van der Waals surface area contributed by atoms with Crippen molar-refractivity contribution < 1.29 is 24.1 Å². The highest BCUT2D eigenvalue weighted by Crippen LogP contribution is 2.31. The number of halogens is 1. The smallest absolute Gasteiger partial charge is 0.251 e. The topological polar surface area (TPSA) is 122 Å². The van der Waals surface area contributed by atoms with E-state index in [0.29, 0.717) is 24.3 Å². The molecule has 2 aromatic carbocycles. The molecular formula is C27H32FN7O4. The van der Waals surface area contributed by atoms with Crippen LogP contribution in [-0.2, 0) is 16.6 Å². The van der Waals surface area contributed by atoms with Crippen LogP contribution in [0.5, 0.6) is 0 Å². The Morgan fingerprint density at radius 1 is 1.21 bits per heavy atom. The number of hydrogen-bond acceptors (Lipinski definition) is 8. The van der Waals surface area contributed by atoms with Crippen LogP contribution in [-0.4, -0.2) is 97.9 Å². The first kappa shape index (κ1) is 26.7. The van der Waals surface area contributed by atoms with E-state index in [4.69, 9.17) is 4.74 Å². The van der Waals surface area contributed by atoms with Crippen molar-refractivity contribution in [2.75, 3.05) is 38.7 Å². The van der Waals surface area contributed by atoms with Gasteiger partial charge in [-0.2, -0.15) is 5.10 Å².